The van der Waals surface area contributed by atoms with E-state index in [0.717, 1.165) is 0 Å². The standard InChI is InChI=1S/C5H4N6/c1-2-6-9-4(1)5-10-7-3-8-11-5/h1-3H,(H,6,9). The van der Waals surface area contributed by atoms with Crippen LogP contribution in [0.4, 0.5) is 0 Å². The van der Waals surface area contributed by atoms with Gasteiger partial charge in [0, 0.05) is 6.20 Å². The van der Waals surface area contributed by atoms with E-state index in [1.165, 1.54) is 6.33 Å². The van der Waals surface area contributed by atoms with Crippen LogP contribution in [0.1, 0.15) is 0 Å². The Morgan fingerprint density at radius 3 is 2.64 bits per heavy atom. The molecule has 0 saturated heterocycles. The molecule has 0 fully saturated rings. The van der Waals surface area contributed by atoms with Crippen LogP contribution in [-0.2, 0) is 0 Å². The first-order chi connectivity index (χ1) is 5.47. The van der Waals surface area contributed by atoms with Gasteiger partial charge in [-0.3, -0.25) is 5.10 Å². The number of hydrogen-bond donors (Lipinski definition) is 1. The van der Waals surface area contributed by atoms with Crippen molar-refractivity contribution in [3.8, 4) is 11.5 Å². The van der Waals surface area contributed by atoms with Gasteiger partial charge in [-0.2, -0.15) is 5.10 Å². The van der Waals surface area contributed by atoms with Gasteiger partial charge in [0.1, 0.15) is 5.69 Å². The monoisotopic (exact) mass is 148 g/mol. The van der Waals surface area contributed by atoms with Crippen molar-refractivity contribution in [3.63, 3.8) is 0 Å². The van der Waals surface area contributed by atoms with Gasteiger partial charge in [0.2, 0.25) is 5.82 Å². The molecule has 0 saturated carbocycles. The van der Waals surface area contributed by atoms with Crippen LogP contribution in [0.5, 0.6) is 0 Å². The topological polar surface area (TPSA) is 80.2 Å². The molecule has 2 aromatic rings. The molecule has 2 rings (SSSR count). The van der Waals surface area contributed by atoms with Crippen LogP contribution >= 0.6 is 0 Å². The highest BCUT2D eigenvalue weighted by Gasteiger charge is 2.00. The van der Waals surface area contributed by atoms with E-state index in [9.17, 15) is 0 Å². The molecule has 0 amide bonds. The van der Waals surface area contributed by atoms with Crippen molar-refractivity contribution in [3.05, 3.63) is 18.6 Å². The number of aromatic nitrogens is 6. The summed E-state index contributed by atoms with van der Waals surface area (Å²) in [6, 6.07) is 1.75. The molecule has 1 N–H and O–H groups in total. The highest BCUT2D eigenvalue weighted by atomic mass is 15.3. The van der Waals surface area contributed by atoms with Gasteiger partial charge in [-0.1, -0.05) is 0 Å². The Hall–Kier alpha value is -1.85. The van der Waals surface area contributed by atoms with E-state index < -0.39 is 0 Å². The van der Waals surface area contributed by atoms with Crippen LogP contribution < -0.4 is 0 Å². The summed E-state index contributed by atoms with van der Waals surface area (Å²) in [5.41, 5.74) is 0.714. The largest absolute Gasteiger partial charge is 0.274 e. The second-order valence-electron chi connectivity index (χ2n) is 1.84. The smallest absolute Gasteiger partial charge is 0.221 e. The van der Waals surface area contributed by atoms with Crippen LogP contribution in [0.25, 0.3) is 11.5 Å². The Labute approximate surface area is 61.7 Å². The van der Waals surface area contributed by atoms with Crippen LogP contribution in [0.2, 0.25) is 0 Å². The second kappa shape index (κ2) is 2.41. The maximum Gasteiger partial charge on any atom is 0.221 e. The molecule has 0 aromatic carbocycles. The van der Waals surface area contributed by atoms with Crippen LogP contribution in [0.3, 0.4) is 0 Å². The number of aromatic amines is 1. The highest BCUT2D eigenvalue weighted by molar-refractivity contribution is 5.45. The van der Waals surface area contributed by atoms with E-state index in [1.54, 1.807) is 12.3 Å². The van der Waals surface area contributed by atoms with Gasteiger partial charge in [-0.05, 0) is 6.07 Å². The summed E-state index contributed by atoms with van der Waals surface area (Å²) in [6.07, 6.45) is 2.89. The van der Waals surface area contributed by atoms with Gasteiger partial charge in [0.05, 0.1) is 0 Å². The number of H-pyrrole nitrogens is 1. The van der Waals surface area contributed by atoms with E-state index in [1.807, 2.05) is 0 Å². The molecule has 6 heteroatoms. The Balaban J connectivity index is 2.46. The first-order valence-electron chi connectivity index (χ1n) is 2.97. The van der Waals surface area contributed by atoms with Crippen LogP contribution in [0, 0.1) is 0 Å². The molecule has 6 nitrogen and oxygen atoms in total. The fraction of sp³-hybridized carbons (Fsp3) is 0. The molecule has 0 radical (unpaired) electrons. The summed E-state index contributed by atoms with van der Waals surface area (Å²) in [4.78, 5) is 0. The van der Waals surface area contributed by atoms with Crippen molar-refractivity contribution in [1.82, 2.24) is 30.6 Å². The average molecular weight is 148 g/mol. The predicted octanol–water partition coefficient (Wildman–Crippen LogP) is -0.343. The van der Waals surface area contributed by atoms with Crippen molar-refractivity contribution in [2.24, 2.45) is 0 Å². The van der Waals surface area contributed by atoms with Crippen LogP contribution in [-0.4, -0.2) is 30.6 Å². The summed E-state index contributed by atoms with van der Waals surface area (Å²) >= 11 is 0. The normalized spacial score (nSPS) is 9.82. The van der Waals surface area contributed by atoms with E-state index >= 15 is 0 Å². The fourth-order valence-corrected chi connectivity index (χ4v) is 0.692. The van der Waals surface area contributed by atoms with E-state index in [4.69, 9.17) is 0 Å². The summed E-state index contributed by atoms with van der Waals surface area (Å²) < 4.78 is 0. The molecule has 0 aliphatic carbocycles. The van der Waals surface area contributed by atoms with E-state index in [-0.39, 0.29) is 0 Å². The lowest BCUT2D eigenvalue weighted by molar-refractivity contribution is 0.857. The fourth-order valence-electron chi connectivity index (χ4n) is 0.692. The molecule has 2 heterocycles. The van der Waals surface area contributed by atoms with Crippen molar-refractivity contribution in [2.45, 2.75) is 0 Å². The third-order valence-electron chi connectivity index (χ3n) is 1.15. The van der Waals surface area contributed by atoms with Gasteiger partial charge in [-0.25, -0.2) is 0 Å². The number of hydrogen-bond acceptors (Lipinski definition) is 5. The summed E-state index contributed by atoms with van der Waals surface area (Å²) in [6.45, 7) is 0. The lowest BCUT2D eigenvalue weighted by Crippen LogP contribution is -1.93. The minimum absolute atomic E-state index is 0.449. The second-order valence-corrected chi connectivity index (χ2v) is 1.84. The van der Waals surface area contributed by atoms with Crippen molar-refractivity contribution < 1.29 is 0 Å². The van der Waals surface area contributed by atoms with Gasteiger partial charge in [-0.15, -0.1) is 20.4 Å². The van der Waals surface area contributed by atoms with Crippen molar-refractivity contribution in [2.75, 3.05) is 0 Å². The van der Waals surface area contributed by atoms with Gasteiger partial charge in [0.15, 0.2) is 6.33 Å². The van der Waals surface area contributed by atoms with Gasteiger partial charge < -0.3 is 0 Å². The molecule has 0 atom stereocenters. The Morgan fingerprint density at radius 1 is 1.18 bits per heavy atom. The molecule has 0 aliphatic rings. The summed E-state index contributed by atoms with van der Waals surface area (Å²) in [5.74, 6) is 0.449. The Morgan fingerprint density at radius 2 is 2.00 bits per heavy atom. The van der Waals surface area contributed by atoms with Crippen LogP contribution in [0.15, 0.2) is 18.6 Å². The highest BCUT2D eigenvalue weighted by Crippen LogP contribution is 2.05. The molecule has 11 heavy (non-hydrogen) atoms. The predicted molar refractivity (Wildman–Crippen MR) is 35.2 cm³/mol. The van der Waals surface area contributed by atoms with Gasteiger partial charge >= 0.3 is 0 Å². The maximum atomic E-state index is 3.74. The number of nitrogens with zero attached hydrogens (tertiary/aromatic N) is 5. The average Bonchev–Trinajstić information content (AvgIpc) is 2.58. The zero-order chi connectivity index (χ0) is 7.52. The minimum Gasteiger partial charge on any atom is -0.274 e. The third kappa shape index (κ3) is 1.05. The summed E-state index contributed by atoms with van der Waals surface area (Å²) in [5, 5.41) is 21.0. The SMILES string of the molecule is c1nnc(-c2ccn[nH]2)nn1. The Bertz CT molecular complexity index is 314. The number of nitrogens with one attached hydrogen (secondary N) is 1. The minimum atomic E-state index is 0.449. The lowest BCUT2D eigenvalue weighted by atomic mass is 10.4. The molecule has 54 valence electrons. The molecule has 0 aliphatic heterocycles. The van der Waals surface area contributed by atoms with Crippen molar-refractivity contribution >= 4 is 0 Å². The molecule has 0 spiro atoms. The molecular formula is C5H4N6. The zero-order valence-corrected chi connectivity index (χ0v) is 5.47. The van der Waals surface area contributed by atoms with Crippen molar-refractivity contribution in [1.29, 1.82) is 0 Å². The van der Waals surface area contributed by atoms with E-state index in [0.29, 0.717) is 11.5 Å². The molecule has 0 bridgehead atoms. The Kier molecular flexibility index (Phi) is 1.29. The first kappa shape index (κ1) is 5.90. The molecule has 2 aromatic heterocycles. The quantitative estimate of drug-likeness (QED) is 0.598. The molecular weight excluding hydrogens is 144 g/mol. The maximum absolute atomic E-state index is 3.74. The first-order valence-corrected chi connectivity index (χ1v) is 2.97. The van der Waals surface area contributed by atoms with E-state index in [2.05, 4.69) is 30.6 Å². The van der Waals surface area contributed by atoms with Gasteiger partial charge in [0.25, 0.3) is 0 Å². The molecule has 0 unspecified atom stereocenters. The lowest BCUT2D eigenvalue weighted by Gasteiger charge is -1.88. The zero-order valence-electron chi connectivity index (χ0n) is 5.47. The third-order valence-corrected chi connectivity index (χ3v) is 1.15. The number of rotatable bonds is 1. The summed E-state index contributed by atoms with van der Waals surface area (Å²) in [7, 11) is 0.